The highest BCUT2D eigenvalue weighted by atomic mass is 16.5. The highest BCUT2D eigenvalue weighted by Gasteiger charge is 2.17. The van der Waals surface area contributed by atoms with Gasteiger partial charge in [0, 0.05) is 20.1 Å². The van der Waals surface area contributed by atoms with Crippen molar-refractivity contribution in [3.63, 3.8) is 0 Å². The fraction of sp³-hybridized carbons (Fsp3) is 0.462. The van der Waals surface area contributed by atoms with Crippen molar-refractivity contribution in [2.24, 2.45) is 5.73 Å². The van der Waals surface area contributed by atoms with Crippen LogP contribution in [0.5, 0.6) is 5.75 Å². The van der Waals surface area contributed by atoms with Crippen molar-refractivity contribution in [3.8, 4) is 5.75 Å². The topological polar surface area (TPSA) is 75.8 Å². The van der Waals surface area contributed by atoms with Gasteiger partial charge in [-0.3, -0.25) is 4.79 Å². The Bertz CT molecular complexity index is 421. The summed E-state index contributed by atoms with van der Waals surface area (Å²) in [5.41, 5.74) is 7.24. The summed E-state index contributed by atoms with van der Waals surface area (Å²) in [5.74, 6) is 0.445. The molecule has 0 aliphatic carbocycles. The Morgan fingerprint density at radius 3 is 2.72 bits per heavy atom. The molecule has 1 rings (SSSR count). The van der Waals surface area contributed by atoms with Crippen LogP contribution in [0.3, 0.4) is 0 Å². The number of aliphatic hydroxyl groups is 1. The van der Waals surface area contributed by atoms with E-state index in [1.54, 1.807) is 14.2 Å². The number of carbonyl (C=O) groups excluding carboxylic acids is 1. The maximum absolute atomic E-state index is 11.7. The van der Waals surface area contributed by atoms with Crippen LogP contribution < -0.4 is 10.5 Å². The first kappa shape index (κ1) is 14.5. The molecule has 0 saturated carbocycles. The zero-order valence-electron chi connectivity index (χ0n) is 11.0. The van der Waals surface area contributed by atoms with E-state index in [4.69, 9.17) is 10.5 Å². The second-order valence-electron chi connectivity index (χ2n) is 4.25. The molecule has 1 atom stereocenters. The van der Waals surface area contributed by atoms with Crippen LogP contribution in [-0.4, -0.2) is 42.7 Å². The van der Waals surface area contributed by atoms with Crippen LogP contribution in [-0.2, 0) is 11.3 Å². The molecule has 0 aromatic heterocycles. The molecule has 100 valence electrons. The third kappa shape index (κ3) is 3.45. The van der Waals surface area contributed by atoms with Gasteiger partial charge in [-0.25, -0.2) is 0 Å². The third-order valence-electron chi connectivity index (χ3n) is 2.76. The number of hydrogen-bond donors (Lipinski definition) is 2. The number of aliphatic hydroxyl groups excluding tert-OH is 1. The van der Waals surface area contributed by atoms with Crippen LogP contribution in [0.15, 0.2) is 18.2 Å². The normalized spacial score (nSPS) is 12.1. The highest BCUT2D eigenvalue weighted by Crippen LogP contribution is 2.19. The number of rotatable bonds is 5. The molecule has 5 heteroatoms. The van der Waals surface area contributed by atoms with Crippen LogP contribution in [0.25, 0.3) is 0 Å². The number of benzene rings is 1. The van der Waals surface area contributed by atoms with Crippen molar-refractivity contribution >= 4 is 5.91 Å². The Hall–Kier alpha value is -1.59. The maximum Gasteiger partial charge on any atom is 0.252 e. The van der Waals surface area contributed by atoms with Gasteiger partial charge in [-0.15, -0.1) is 0 Å². The number of nitrogens with two attached hydrogens (primary N) is 1. The summed E-state index contributed by atoms with van der Waals surface area (Å²) in [4.78, 5) is 13.1. The summed E-state index contributed by atoms with van der Waals surface area (Å²) in [7, 11) is 3.26. The lowest BCUT2D eigenvalue weighted by Gasteiger charge is -2.20. The minimum Gasteiger partial charge on any atom is -0.496 e. The SMILES string of the molecule is COc1ccc(CN(C)C(=O)C(O)CN)cc1C. The minimum atomic E-state index is -1.13. The summed E-state index contributed by atoms with van der Waals surface area (Å²) in [6.45, 7) is 2.31. The van der Waals surface area contributed by atoms with Crippen molar-refractivity contribution < 1.29 is 14.6 Å². The summed E-state index contributed by atoms with van der Waals surface area (Å²) in [6, 6.07) is 5.71. The maximum atomic E-state index is 11.7. The van der Waals surface area contributed by atoms with Gasteiger partial charge in [-0.2, -0.15) is 0 Å². The van der Waals surface area contributed by atoms with Crippen LogP contribution in [0.2, 0.25) is 0 Å². The second-order valence-corrected chi connectivity index (χ2v) is 4.25. The number of aryl methyl sites for hydroxylation is 1. The van der Waals surface area contributed by atoms with Gasteiger partial charge in [-0.05, 0) is 24.1 Å². The van der Waals surface area contributed by atoms with Crippen molar-refractivity contribution in [3.05, 3.63) is 29.3 Å². The molecule has 0 aliphatic heterocycles. The zero-order valence-corrected chi connectivity index (χ0v) is 11.0. The molecule has 1 aromatic carbocycles. The Balaban J connectivity index is 2.73. The number of likely N-dealkylation sites (N-methyl/N-ethyl adjacent to an activating group) is 1. The fourth-order valence-electron chi connectivity index (χ4n) is 1.75. The number of methoxy groups -OCH3 is 1. The van der Waals surface area contributed by atoms with Crippen LogP contribution in [0.4, 0.5) is 0 Å². The molecule has 5 nitrogen and oxygen atoms in total. The van der Waals surface area contributed by atoms with E-state index in [9.17, 15) is 9.90 Å². The molecular weight excluding hydrogens is 232 g/mol. The van der Waals surface area contributed by atoms with Gasteiger partial charge >= 0.3 is 0 Å². The van der Waals surface area contributed by atoms with Gasteiger partial charge < -0.3 is 20.5 Å². The highest BCUT2D eigenvalue weighted by molar-refractivity contribution is 5.80. The van der Waals surface area contributed by atoms with E-state index in [0.717, 1.165) is 16.9 Å². The van der Waals surface area contributed by atoms with Gasteiger partial charge in [-0.1, -0.05) is 12.1 Å². The first-order valence-corrected chi connectivity index (χ1v) is 5.76. The van der Waals surface area contributed by atoms with Crippen molar-refractivity contribution in [2.45, 2.75) is 19.6 Å². The Morgan fingerprint density at radius 2 is 2.22 bits per heavy atom. The molecule has 0 heterocycles. The summed E-state index contributed by atoms with van der Waals surface area (Å²) >= 11 is 0. The second kappa shape index (κ2) is 6.37. The molecule has 0 fully saturated rings. The first-order valence-electron chi connectivity index (χ1n) is 5.76. The van der Waals surface area contributed by atoms with Gasteiger partial charge in [0.2, 0.25) is 0 Å². The van der Waals surface area contributed by atoms with E-state index < -0.39 is 6.10 Å². The van der Waals surface area contributed by atoms with Crippen LogP contribution >= 0.6 is 0 Å². The standard InChI is InChI=1S/C13H20N2O3/c1-9-6-10(4-5-12(9)18-3)8-15(2)13(17)11(16)7-14/h4-6,11,16H,7-8,14H2,1-3H3. The van der Waals surface area contributed by atoms with Crippen LogP contribution in [0.1, 0.15) is 11.1 Å². The first-order chi connectivity index (χ1) is 8.49. The molecule has 0 spiro atoms. The molecule has 3 N–H and O–H groups in total. The molecule has 0 bridgehead atoms. The molecular formula is C13H20N2O3. The zero-order chi connectivity index (χ0) is 13.7. The molecule has 1 amide bonds. The van der Waals surface area contributed by atoms with E-state index in [0.29, 0.717) is 6.54 Å². The van der Waals surface area contributed by atoms with Gasteiger partial charge in [0.25, 0.3) is 5.91 Å². The lowest BCUT2D eigenvalue weighted by Crippen LogP contribution is -2.40. The van der Waals surface area contributed by atoms with Gasteiger partial charge in [0.15, 0.2) is 0 Å². The molecule has 1 unspecified atom stereocenters. The number of hydrogen-bond acceptors (Lipinski definition) is 4. The summed E-state index contributed by atoms with van der Waals surface area (Å²) in [6.07, 6.45) is -1.13. The molecule has 0 radical (unpaired) electrons. The van der Waals surface area contributed by atoms with Crippen molar-refractivity contribution in [1.82, 2.24) is 4.90 Å². The number of carbonyl (C=O) groups is 1. The Labute approximate surface area is 107 Å². The number of ether oxygens (including phenoxy) is 1. The smallest absolute Gasteiger partial charge is 0.252 e. The predicted molar refractivity (Wildman–Crippen MR) is 69.3 cm³/mol. The van der Waals surface area contributed by atoms with Gasteiger partial charge in [0.1, 0.15) is 11.9 Å². The Morgan fingerprint density at radius 1 is 1.56 bits per heavy atom. The predicted octanol–water partition coefficient (Wildman–Crippen LogP) is 0.282. The summed E-state index contributed by atoms with van der Waals surface area (Å²) in [5, 5.41) is 9.38. The van der Waals surface area contributed by atoms with E-state index in [1.165, 1.54) is 4.90 Å². The molecule has 18 heavy (non-hydrogen) atoms. The third-order valence-corrected chi connectivity index (χ3v) is 2.76. The van der Waals surface area contributed by atoms with Crippen molar-refractivity contribution in [2.75, 3.05) is 20.7 Å². The number of amides is 1. The monoisotopic (exact) mass is 252 g/mol. The van der Waals surface area contributed by atoms with Crippen molar-refractivity contribution in [1.29, 1.82) is 0 Å². The molecule has 0 aliphatic rings. The average molecular weight is 252 g/mol. The minimum absolute atomic E-state index is 0.0647. The largest absolute Gasteiger partial charge is 0.496 e. The van der Waals surface area contributed by atoms with Crippen LogP contribution in [0, 0.1) is 6.92 Å². The fourth-order valence-corrected chi connectivity index (χ4v) is 1.75. The van der Waals surface area contributed by atoms with E-state index in [2.05, 4.69) is 0 Å². The van der Waals surface area contributed by atoms with E-state index in [1.807, 2.05) is 25.1 Å². The molecule has 0 saturated heterocycles. The number of nitrogens with zero attached hydrogens (tertiary/aromatic N) is 1. The van der Waals surface area contributed by atoms with E-state index >= 15 is 0 Å². The summed E-state index contributed by atoms with van der Waals surface area (Å²) < 4.78 is 5.17. The average Bonchev–Trinajstić information content (AvgIpc) is 2.37. The van der Waals surface area contributed by atoms with Gasteiger partial charge in [0.05, 0.1) is 7.11 Å². The molecule has 1 aromatic rings. The lowest BCUT2D eigenvalue weighted by atomic mass is 10.1. The quantitative estimate of drug-likeness (QED) is 0.789. The van der Waals surface area contributed by atoms with E-state index in [-0.39, 0.29) is 12.5 Å². The lowest BCUT2D eigenvalue weighted by molar-refractivity contribution is -0.138. The Kier molecular flexibility index (Phi) is 5.12.